The van der Waals surface area contributed by atoms with Crippen LogP contribution in [0.3, 0.4) is 0 Å². The van der Waals surface area contributed by atoms with Gasteiger partial charge in [-0.25, -0.2) is 9.59 Å². The molecule has 1 aromatic carbocycles. The number of aliphatic imine (C=N–C) groups is 1. The minimum absolute atomic E-state index is 0.0436. The number of aromatic amines is 1. The van der Waals surface area contributed by atoms with E-state index in [2.05, 4.69) is 21.9 Å². The summed E-state index contributed by atoms with van der Waals surface area (Å²) in [5.74, 6) is -3.44. The molecule has 2 N–H and O–H groups in total. The van der Waals surface area contributed by atoms with E-state index in [1.165, 1.54) is 13.2 Å². The summed E-state index contributed by atoms with van der Waals surface area (Å²) in [5, 5.41) is 3.03. The number of urea groups is 1. The minimum Gasteiger partial charge on any atom is -0.467 e. The molecule has 150 valence electrons. The first kappa shape index (κ1) is 20.0. The molecule has 1 saturated heterocycles. The minimum atomic E-state index is -1.32. The number of ether oxygens (including phenoxy) is 1. The zero-order chi connectivity index (χ0) is 21.0. The predicted octanol–water partition coefficient (Wildman–Crippen LogP) is 1.20. The summed E-state index contributed by atoms with van der Waals surface area (Å²) in [6, 6.07) is 5.83. The van der Waals surface area contributed by atoms with Gasteiger partial charge in [0.1, 0.15) is 0 Å². The van der Waals surface area contributed by atoms with E-state index in [4.69, 9.17) is 4.74 Å². The van der Waals surface area contributed by atoms with E-state index in [9.17, 15) is 19.2 Å². The molecule has 9 heteroatoms. The first-order valence-corrected chi connectivity index (χ1v) is 8.89. The summed E-state index contributed by atoms with van der Waals surface area (Å²) < 4.78 is 4.82. The normalized spacial score (nSPS) is 18.2. The zero-order valence-corrected chi connectivity index (χ0v) is 15.8. The molecule has 9 nitrogen and oxygen atoms in total. The number of nitrogens with one attached hydrogen (secondary N) is 2. The Balaban J connectivity index is 1.84. The van der Waals surface area contributed by atoms with Gasteiger partial charge in [0.25, 0.3) is 0 Å². The Kier molecular flexibility index (Phi) is 5.87. The maximum atomic E-state index is 12.5. The Morgan fingerprint density at radius 2 is 2.10 bits per heavy atom. The van der Waals surface area contributed by atoms with Crippen LogP contribution in [0.5, 0.6) is 0 Å². The van der Waals surface area contributed by atoms with Crippen molar-refractivity contribution in [3.8, 4) is 0 Å². The average Bonchev–Trinajstić information content (AvgIpc) is 3.12. The number of carbonyl (C=O) groups excluding carboxylic acids is 4. The van der Waals surface area contributed by atoms with E-state index in [1.54, 1.807) is 6.20 Å². The summed E-state index contributed by atoms with van der Waals surface area (Å²) in [6.45, 7) is 3.44. The highest BCUT2D eigenvalue weighted by Gasteiger charge is 2.39. The van der Waals surface area contributed by atoms with E-state index >= 15 is 0 Å². The number of benzene rings is 1. The van der Waals surface area contributed by atoms with Crippen LogP contribution in [-0.4, -0.2) is 59.6 Å². The molecule has 1 aromatic heterocycles. The molecule has 29 heavy (non-hydrogen) atoms. The Morgan fingerprint density at radius 1 is 1.34 bits per heavy atom. The molecular weight excluding hydrogens is 376 g/mol. The van der Waals surface area contributed by atoms with Gasteiger partial charge in [-0.2, -0.15) is 0 Å². The van der Waals surface area contributed by atoms with E-state index in [0.29, 0.717) is 0 Å². The van der Waals surface area contributed by atoms with Crippen LogP contribution in [0, 0.1) is 5.92 Å². The number of para-hydroxylation sites is 1. The quantitative estimate of drug-likeness (QED) is 0.315. The van der Waals surface area contributed by atoms with Crippen molar-refractivity contribution in [2.45, 2.75) is 12.5 Å². The highest BCUT2D eigenvalue weighted by Crippen LogP contribution is 2.20. The third-order valence-electron chi connectivity index (χ3n) is 4.58. The number of amides is 4. The summed E-state index contributed by atoms with van der Waals surface area (Å²) in [7, 11) is 1.24. The molecule has 1 aliphatic heterocycles. The number of carbonyl (C=O) groups is 4. The molecule has 0 saturated carbocycles. The molecule has 1 unspecified atom stereocenters. The summed E-state index contributed by atoms with van der Waals surface area (Å²) in [5.41, 5.74) is 1.76. The standard InChI is InChI=1S/C20H20N4O5/c1-3-8-24-18(26)14(17(25)23-20(24)28)11-22-16(19(27)29-2)9-12-10-21-15-7-5-4-6-13(12)15/h3-7,10-11,14,16,21H,1,8-9H2,2H3,(H,23,25,28)/t14?,16-/m0/s1. The van der Waals surface area contributed by atoms with Gasteiger partial charge in [0.2, 0.25) is 11.8 Å². The fourth-order valence-corrected chi connectivity index (χ4v) is 3.10. The second kappa shape index (κ2) is 8.51. The van der Waals surface area contributed by atoms with Crippen molar-refractivity contribution < 1.29 is 23.9 Å². The fourth-order valence-electron chi connectivity index (χ4n) is 3.10. The van der Waals surface area contributed by atoms with Crippen molar-refractivity contribution in [2.24, 2.45) is 10.9 Å². The molecule has 1 fully saturated rings. The number of esters is 1. The number of nitrogens with zero attached hydrogens (tertiary/aromatic N) is 2. The highest BCUT2D eigenvalue weighted by molar-refractivity contribution is 6.23. The van der Waals surface area contributed by atoms with Crippen molar-refractivity contribution in [1.29, 1.82) is 0 Å². The SMILES string of the molecule is C=CCN1C(=O)NC(=O)C(C=N[C@@H](Cc2c[nH]c3ccccc23)C(=O)OC)C1=O. The summed E-state index contributed by atoms with van der Waals surface area (Å²) in [6.07, 6.45) is 4.45. The van der Waals surface area contributed by atoms with Crippen LogP contribution in [0.1, 0.15) is 5.56 Å². The number of hydrogen-bond acceptors (Lipinski definition) is 6. The van der Waals surface area contributed by atoms with E-state index in [-0.39, 0.29) is 13.0 Å². The molecule has 2 heterocycles. The molecule has 0 spiro atoms. The van der Waals surface area contributed by atoms with Gasteiger partial charge >= 0.3 is 12.0 Å². The molecule has 2 aromatic rings. The Hall–Kier alpha value is -3.75. The van der Waals surface area contributed by atoms with Crippen molar-refractivity contribution >= 4 is 40.9 Å². The number of aromatic nitrogens is 1. The second-order valence-electron chi connectivity index (χ2n) is 6.41. The molecule has 1 aliphatic rings. The van der Waals surface area contributed by atoms with E-state index in [0.717, 1.165) is 27.6 Å². The van der Waals surface area contributed by atoms with E-state index in [1.807, 2.05) is 24.3 Å². The zero-order valence-electron chi connectivity index (χ0n) is 15.8. The van der Waals surface area contributed by atoms with E-state index < -0.39 is 35.8 Å². The van der Waals surface area contributed by atoms with Crippen LogP contribution in [0.15, 0.2) is 48.1 Å². The third kappa shape index (κ3) is 4.08. The summed E-state index contributed by atoms with van der Waals surface area (Å²) >= 11 is 0. The number of rotatable bonds is 7. The van der Waals surface area contributed by atoms with Crippen molar-refractivity contribution in [1.82, 2.24) is 15.2 Å². The lowest BCUT2D eigenvalue weighted by molar-refractivity contribution is -0.142. The molecule has 4 amide bonds. The van der Waals surface area contributed by atoms with Gasteiger partial charge in [-0.3, -0.25) is 24.8 Å². The maximum Gasteiger partial charge on any atom is 0.331 e. The van der Waals surface area contributed by atoms with Crippen molar-refractivity contribution in [3.63, 3.8) is 0 Å². The summed E-state index contributed by atoms with van der Waals surface area (Å²) in [4.78, 5) is 56.7. The topological polar surface area (TPSA) is 121 Å². The van der Waals surface area contributed by atoms with Gasteiger partial charge in [0, 0.05) is 36.3 Å². The van der Waals surface area contributed by atoms with Gasteiger partial charge in [0.05, 0.1) is 7.11 Å². The first-order valence-electron chi connectivity index (χ1n) is 8.89. The molecule has 0 bridgehead atoms. The maximum absolute atomic E-state index is 12.5. The third-order valence-corrected chi connectivity index (χ3v) is 4.58. The van der Waals surface area contributed by atoms with Gasteiger partial charge in [-0.15, -0.1) is 6.58 Å². The lowest BCUT2D eigenvalue weighted by atomic mass is 10.0. The number of barbiturate groups is 1. The molecule has 0 aliphatic carbocycles. The van der Waals surface area contributed by atoms with Crippen LogP contribution in [0.2, 0.25) is 0 Å². The number of fused-ring (bicyclic) bond motifs is 1. The van der Waals surface area contributed by atoms with Gasteiger partial charge < -0.3 is 9.72 Å². The Morgan fingerprint density at radius 3 is 2.83 bits per heavy atom. The second-order valence-corrected chi connectivity index (χ2v) is 6.41. The average molecular weight is 396 g/mol. The van der Waals surface area contributed by atoms with Gasteiger partial charge in [-0.1, -0.05) is 24.3 Å². The molecule has 0 radical (unpaired) electrons. The Labute approximate surface area is 166 Å². The highest BCUT2D eigenvalue weighted by atomic mass is 16.5. The van der Waals surface area contributed by atoms with Crippen LogP contribution >= 0.6 is 0 Å². The van der Waals surface area contributed by atoms with Crippen molar-refractivity contribution in [2.75, 3.05) is 13.7 Å². The van der Waals surface area contributed by atoms with Crippen molar-refractivity contribution in [3.05, 3.63) is 48.7 Å². The number of imide groups is 2. The van der Waals surface area contributed by atoms with Gasteiger partial charge in [-0.05, 0) is 11.6 Å². The van der Waals surface area contributed by atoms with Crippen LogP contribution in [-0.2, 0) is 25.5 Å². The predicted molar refractivity (Wildman–Crippen MR) is 105 cm³/mol. The lowest BCUT2D eigenvalue weighted by Gasteiger charge is -2.27. The first-order chi connectivity index (χ1) is 14.0. The molecular formula is C20H20N4O5. The van der Waals surface area contributed by atoms with Gasteiger partial charge in [0.15, 0.2) is 12.0 Å². The molecule has 3 rings (SSSR count). The Bertz CT molecular complexity index is 1010. The lowest BCUT2D eigenvalue weighted by Crippen LogP contribution is -2.58. The molecule has 2 atom stereocenters. The van der Waals surface area contributed by atoms with Crippen LogP contribution in [0.4, 0.5) is 4.79 Å². The number of methoxy groups -OCH3 is 1. The smallest absolute Gasteiger partial charge is 0.331 e. The van der Waals surface area contributed by atoms with Crippen LogP contribution < -0.4 is 5.32 Å². The largest absolute Gasteiger partial charge is 0.467 e. The monoisotopic (exact) mass is 396 g/mol. The fraction of sp³-hybridized carbons (Fsp3) is 0.250. The van der Waals surface area contributed by atoms with Crippen LogP contribution in [0.25, 0.3) is 10.9 Å². The number of hydrogen-bond donors (Lipinski definition) is 2. The number of H-pyrrole nitrogens is 1.